The molecule has 0 aromatic carbocycles. The van der Waals surface area contributed by atoms with E-state index in [9.17, 15) is 8.42 Å². The van der Waals surface area contributed by atoms with Crippen LogP contribution in [0.4, 0.5) is 0 Å². The topological polar surface area (TPSA) is 72.2 Å². The summed E-state index contributed by atoms with van der Waals surface area (Å²) in [6, 6.07) is 1.68. The van der Waals surface area contributed by atoms with Crippen molar-refractivity contribution in [3.05, 3.63) is 16.3 Å². The van der Waals surface area contributed by atoms with Gasteiger partial charge in [-0.2, -0.15) is 0 Å². The number of thiophene rings is 1. The molecule has 19 heavy (non-hydrogen) atoms. The van der Waals surface area contributed by atoms with Crippen LogP contribution in [-0.2, 0) is 16.6 Å². The molecule has 1 aromatic heterocycles. The number of sulfonamides is 1. The summed E-state index contributed by atoms with van der Waals surface area (Å²) in [6.45, 7) is 4.66. The molecule has 1 saturated carbocycles. The lowest BCUT2D eigenvalue weighted by molar-refractivity contribution is 0.212. The van der Waals surface area contributed by atoms with Crippen molar-refractivity contribution in [3.63, 3.8) is 0 Å². The highest BCUT2D eigenvalue weighted by molar-refractivity contribution is 7.89. The molecule has 1 aliphatic rings. The van der Waals surface area contributed by atoms with E-state index in [1.807, 2.05) is 0 Å². The molecule has 0 radical (unpaired) electrons. The molecule has 1 unspecified atom stereocenters. The molecule has 1 atom stereocenters. The van der Waals surface area contributed by atoms with Crippen molar-refractivity contribution in [2.45, 2.75) is 57.0 Å². The summed E-state index contributed by atoms with van der Waals surface area (Å²) in [6.07, 6.45) is 4.06. The Kier molecular flexibility index (Phi) is 4.35. The van der Waals surface area contributed by atoms with Crippen molar-refractivity contribution in [2.75, 3.05) is 0 Å². The zero-order chi connectivity index (χ0) is 14.1. The summed E-state index contributed by atoms with van der Waals surface area (Å²) in [5.41, 5.74) is 5.81. The fourth-order valence-corrected chi connectivity index (χ4v) is 5.40. The number of nitrogens with one attached hydrogen (secondary N) is 1. The van der Waals surface area contributed by atoms with Crippen LogP contribution in [-0.4, -0.2) is 14.5 Å². The maximum atomic E-state index is 12.4. The van der Waals surface area contributed by atoms with Gasteiger partial charge in [-0.05, 0) is 36.1 Å². The van der Waals surface area contributed by atoms with Crippen LogP contribution in [0.2, 0.25) is 0 Å². The van der Waals surface area contributed by atoms with Gasteiger partial charge in [-0.25, -0.2) is 13.1 Å². The molecule has 2 rings (SSSR count). The third kappa shape index (κ3) is 3.56. The SMILES string of the molecule is CC1(C)CCCC(NS(=O)(=O)c2ccsc2CN)C1. The maximum absolute atomic E-state index is 12.4. The van der Waals surface area contributed by atoms with Crippen molar-refractivity contribution < 1.29 is 8.42 Å². The number of hydrogen-bond donors (Lipinski definition) is 2. The summed E-state index contributed by atoms with van der Waals surface area (Å²) < 4.78 is 27.6. The van der Waals surface area contributed by atoms with Gasteiger partial charge in [-0.3, -0.25) is 0 Å². The molecular formula is C13H22N2O2S2. The van der Waals surface area contributed by atoms with Crippen molar-refractivity contribution in [1.82, 2.24) is 4.72 Å². The van der Waals surface area contributed by atoms with Crippen LogP contribution in [0.5, 0.6) is 0 Å². The maximum Gasteiger partial charge on any atom is 0.241 e. The molecule has 1 aliphatic carbocycles. The van der Waals surface area contributed by atoms with Crippen molar-refractivity contribution in [1.29, 1.82) is 0 Å². The molecule has 0 bridgehead atoms. The lowest BCUT2D eigenvalue weighted by Gasteiger charge is -2.35. The Balaban J connectivity index is 2.14. The highest BCUT2D eigenvalue weighted by atomic mass is 32.2. The zero-order valence-electron chi connectivity index (χ0n) is 11.5. The van der Waals surface area contributed by atoms with Crippen LogP contribution in [0, 0.1) is 5.41 Å². The van der Waals surface area contributed by atoms with E-state index in [1.165, 1.54) is 11.3 Å². The Morgan fingerprint density at radius 1 is 1.53 bits per heavy atom. The fraction of sp³-hybridized carbons (Fsp3) is 0.692. The van der Waals surface area contributed by atoms with E-state index in [2.05, 4.69) is 18.6 Å². The monoisotopic (exact) mass is 302 g/mol. The largest absolute Gasteiger partial charge is 0.326 e. The van der Waals surface area contributed by atoms with Crippen molar-refractivity contribution >= 4 is 21.4 Å². The third-order valence-corrected chi connectivity index (χ3v) is 6.38. The van der Waals surface area contributed by atoms with E-state index in [4.69, 9.17) is 5.73 Å². The predicted molar refractivity (Wildman–Crippen MR) is 78.6 cm³/mol. The number of nitrogens with two attached hydrogens (primary N) is 1. The van der Waals surface area contributed by atoms with E-state index in [0.29, 0.717) is 4.90 Å². The van der Waals surface area contributed by atoms with Gasteiger partial charge >= 0.3 is 0 Å². The Hall–Kier alpha value is -0.430. The van der Waals surface area contributed by atoms with Crippen LogP contribution in [0.25, 0.3) is 0 Å². The van der Waals surface area contributed by atoms with Crippen molar-refractivity contribution in [2.24, 2.45) is 11.1 Å². The first-order valence-corrected chi connectivity index (χ1v) is 8.99. The standard InChI is InChI=1S/C13H22N2O2S2/c1-13(2)6-3-4-10(8-13)15-19(16,17)12-5-7-18-11(12)9-14/h5,7,10,15H,3-4,6,8-9,14H2,1-2H3. The first-order valence-electron chi connectivity index (χ1n) is 6.63. The van der Waals surface area contributed by atoms with Gasteiger partial charge in [0.1, 0.15) is 0 Å². The van der Waals surface area contributed by atoms with Crippen LogP contribution >= 0.6 is 11.3 Å². The molecule has 0 saturated heterocycles. The number of hydrogen-bond acceptors (Lipinski definition) is 4. The summed E-state index contributed by atoms with van der Waals surface area (Å²) in [5, 5.41) is 1.78. The van der Waals surface area contributed by atoms with E-state index in [1.54, 1.807) is 11.4 Å². The average molecular weight is 302 g/mol. The van der Waals surface area contributed by atoms with Gasteiger partial charge in [-0.15, -0.1) is 11.3 Å². The Labute approximate surface area is 119 Å². The molecular weight excluding hydrogens is 280 g/mol. The van der Waals surface area contributed by atoms with Gasteiger partial charge < -0.3 is 5.73 Å². The molecule has 108 valence electrons. The van der Waals surface area contributed by atoms with Crippen LogP contribution in [0.1, 0.15) is 44.4 Å². The van der Waals surface area contributed by atoms with Crippen molar-refractivity contribution in [3.8, 4) is 0 Å². The highest BCUT2D eigenvalue weighted by Gasteiger charge is 2.31. The lowest BCUT2D eigenvalue weighted by atomic mass is 9.75. The fourth-order valence-electron chi connectivity index (χ4n) is 2.80. The normalized spacial score (nSPS) is 23.4. The molecule has 0 spiro atoms. The molecule has 3 N–H and O–H groups in total. The number of rotatable bonds is 4. The van der Waals surface area contributed by atoms with E-state index < -0.39 is 10.0 Å². The van der Waals surface area contributed by atoms with Gasteiger partial charge in [0.2, 0.25) is 10.0 Å². The second-order valence-electron chi connectivity index (χ2n) is 5.99. The van der Waals surface area contributed by atoms with Gasteiger partial charge in [0.15, 0.2) is 0 Å². The lowest BCUT2D eigenvalue weighted by Crippen LogP contribution is -2.40. The minimum Gasteiger partial charge on any atom is -0.326 e. The minimum absolute atomic E-state index is 0.0410. The smallest absolute Gasteiger partial charge is 0.241 e. The molecule has 0 amide bonds. The Bertz CT molecular complexity index is 535. The first-order chi connectivity index (χ1) is 8.84. The molecule has 1 aromatic rings. The first kappa shape index (κ1) is 15.0. The summed E-state index contributed by atoms with van der Waals surface area (Å²) in [7, 11) is -3.43. The second-order valence-corrected chi connectivity index (χ2v) is 8.67. The van der Waals surface area contributed by atoms with E-state index in [0.717, 1.165) is 30.6 Å². The van der Waals surface area contributed by atoms with Gasteiger partial charge in [0, 0.05) is 17.5 Å². The van der Waals surface area contributed by atoms with Gasteiger partial charge in [-0.1, -0.05) is 20.3 Å². The highest BCUT2D eigenvalue weighted by Crippen LogP contribution is 2.35. The summed E-state index contributed by atoms with van der Waals surface area (Å²) in [5.74, 6) is 0. The third-order valence-electron chi connectivity index (χ3n) is 3.71. The van der Waals surface area contributed by atoms with Gasteiger partial charge in [0.25, 0.3) is 0 Å². The van der Waals surface area contributed by atoms with E-state index in [-0.39, 0.29) is 18.0 Å². The van der Waals surface area contributed by atoms with Crippen LogP contribution < -0.4 is 10.5 Å². The summed E-state index contributed by atoms with van der Waals surface area (Å²) >= 11 is 1.39. The zero-order valence-corrected chi connectivity index (χ0v) is 13.1. The molecule has 1 fully saturated rings. The Morgan fingerprint density at radius 3 is 2.89 bits per heavy atom. The van der Waals surface area contributed by atoms with Crippen LogP contribution in [0.3, 0.4) is 0 Å². The quantitative estimate of drug-likeness (QED) is 0.897. The Morgan fingerprint density at radius 2 is 2.26 bits per heavy atom. The predicted octanol–water partition coefficient (Wildman–Crippen LogP) is 2.45. The molecule has 0 aliphatic heterocycles. The second kappa shape index (κ2) is 5.52. The minimum atomic E-state index is -3.43. The molecule has 6 heteroatoms. The summed E-state index contributed by atoms with van der Waals surface area (Å²) in [4.78, 5) is 1.07. The van der Waals surface area contributed by atoms with Gasteiger partial charge in [0.05, 0.1) is 4.90 Å². The van der Waals surface area contributed by atoms with E-state index >= 15 is 0 Å². The molecule has 1 heterocycles. The average Bonchev–Trinajstić information content (AvgIpc) is 2.75. The molecule has 4 nitrogen and oxygen atoms in total. The van der Waals surface area contributed by atoms with Crippen LogP contribution in [0.15, 0.2) is 16.3 Å².